The average Bonchev–Trinajstić information content (AvgIpc) is 2.89. The van der Waals surface area contributed by atoms with Crippen molar-refractivity contribution in [2.24, 2.45) is 10.9 Å². The second-order valence-electron chi connectivity index (χ2n) is 9.46. The number of halogens is 1. The molecule has 5 heteroatoms. The van der Waals surface area contributed by atoms with Crippen molar-refractivity contribution in [1.29, 1.82) is 0 Å². The lowest BCUT2D eigenvalue weighted by Crippen LogP contribution is -2.38. The Bertz CT molecular complexity index is 1310. The Labute approximate surface area is 220 Å². The van der Waals surface area contributed by atoms with Gasteiger partial charge in [0.05, 0.1) is 6.61 Å². The molecule has 3 aromatic carbocycles. The van der Waals surface area contributed by atoms with Gasteiger partial charge >= 0.3 is 5.97 Å². The van der Waals surface area contributed by atoms with Gasteiger partial charge in [-0.05, 0) is 48.1 Å². The third-order valence-electron chi connectivity index (χ3n) is 7.12. The van der Waals surface area contributed by atoms with E-state index in [0.717, 1.165) is 26.9 Å². The summed E-state index contributed by atoms with van der Waals surface area (Å²) < 4.78 is 6.72. The zero-order valence-corrected chi connectivity index (χ0v) is 21.8. The van der Waals surface area contributed by atoms with Crippen molar-refractivity contribution in [1.82, 2.24) is 0 Å². The molecule has 0 saturated carbocycles. The SMILES string of the molecule is CC1=NC2=C(C(=O)C[C@H](c3ccccc3)C2)[C@H](c2ccc(Br)cc2)C1C(=O)OCCc1ccccc1. The number of ether oxygens (including phenoxy) is 1. The topological polar surface area (TPSA) is 55.7 Å². The molecule has 0 saturated heterocycles. The fourth-order valence-electron chi connectivity index (χ4n) is 5.36. The van der Waals surface area contributed by atoms with E-state index in [9.17, 15) is 9.59 Å². The van der Waals surface area contributed by atoms with Crippen molar-refractivity contribution >= 4 is 33.4 Å². The number of benzene rings is 3. The first-order valence-corrected chi connectivity index (χ1v) is 13.1. The predicted octanol–water partition coefficient (Wildman–Crippen LogP) is 6.81. The number of aliphatic imine (C=N–C) groups is 1. The van der Waals surface area contributed by atoms with E-state index in [-0.39, 0.29) is 24.3 Å². The van der Waals surface area contributed by atoms with Gasteiger partial charge in [-0.15, -0.1) is 0 Å². The van der Waals surface area contributed by atoms with Crippen molar-refractivity contribution in [3.63, 3.8) is 0 Å². The highest BCUT2D eigenvalue weighted by Crippen LogP contribution is 2.46. The fraction of sp³-hybridized carbons (Fsp3) is 0.258. The van der Waals surface area contributed by atoms with Crippen LogP contribution in [-0.4, -0.2) is 24.1 Å². The van der Waals surface area contributed by atoms with Gasteiger partial charge in [-0.25, -0.2) is 0 Å². The van der Waals surface area contributed by atoms with Crippen LogP contribution in [-0.2, 0) is 20.7 Å². The Hall–Kier alpha value is -3.31. The highest BCUT2D eigenvalue weighted by atomic mass is 79.9. The van der Waals surface area contributed by atoms with Crippen LogP contribution in [0.25, 0.3) is 0 Å². The molecule has 1 heterocycles. The largest absolute Gasteiger partial charge is 0.465 e. The zero-order valence-electron chi connectivity index (χ0n) is 20.2. The lowest BCUT2D eigenvalue weighted by atomic mass is 9.69. The molecular formula is C31H28BrNO3. The van der Waals surface area contributed by atoms with Crippen LogP contribution in [0.2, 0.25) is 0 Å². The normalized spacial score (nSPS) is 21.6. The summed E-state index contributed by atoms with van der Waals surface area (Å²) in [7, 11) is 0. The second-order valence-corrected chi connectivity index (χ2v) is 10.4. The molecule has 4 nitrogen and oxygen atoms in total. The molecule has 0 radical (unpaired) electrons. The number of allylic oxidation sites excluding steroid dienone is 2. The molecule has 0 bridgehead atoms. The highest BCUT2D eigenvalue weighted by Gasteiger charge is 2.44. The molecule has 36 heavy (non-hydrogen) atoms. The van der Waals surface area contributed by atoms with Gasteiger partial charge in [-0.2, -0.15) is 0 Å². The van der Waals surface area contributed by atoms with Crippen LogP contribution in [0.4, 0.5) is 0 Å². The quantitative estimate of drug-likeness (QED) is 0.322. The molecule has 3 atom stereocenters. The molecule has 2 aliphatic rings. The number of hydrogen-bond acceptors (Lipinski definition) is 4. The summed E-state index contributed by atoms with van der Waals surface area (Å²) in [6.07, 6.45) is 1.75. The van der Waals surface area contributed by atoms with Gasteiger partial charge in [-0.3, -0.25) is 14.6 Å². The monoisotopic (exact) mass is 541 g/mol. The number of esters is 1. The molecule has 5 rings (SSSR count). The van der Waals surface area contributed by atoms with Crippen LogP contribution in [0.15, 0.2) is 106 Å². The second kappa shape index (κ2) is 10.8. The number of carbonyl (C=O) groups excluding carboxylic acids is 2. The zero-order chi connectivity index (χ0) is 25.1. The first-order chi connectivity index (χ1) is 17.5. The lowest BCUT2D eigenvalue weighted by molar-refractivity contribution is -0.146. The molecule has 1 aliphatic carbocycles. The molecule has 0 spiro atoms. The summed E-state index contributed by atoms with van der Waals surface area (Å²) in [5.74, 6) is -1.20. The number of ketones is 1. The number of Topliss-reactive ketones (excluding diaryl/α,β-unsaturated/α-hetero) is 1. The smallest absolute Gasteiger partial charge is 0.315 e. The average molecular weight is 542 g/mol. The van der Waals surface area contributed by atoms with E-state index in [4.69, 9.17) is 9.73 Å². The van der Waals surface area contributed by atoms with Gasteiger partial charge in [0.1, 0.15) is 5.92 Å². The predicted molar refractivity (Wildman–Crippen MR) is 145 cm³/mol. The van der Waals surface area contributed by atoms with Crippen molar-refractivity contribution in [2.75, 3.05) is 6.61 Å². The molecule has 3 aromatic rings. The van der Waals surface area contributed by atoms with Crippen LogP contribution < -0.4 is 0 Å². The fourth-order valence-corrected chi connectivity index (χ4v) is 5.62. The van der Waals surface area contributed by atoms with E-state index in [1.165, 1.54) is 0 Å². The number of rotatable bonds is 6. The minimum atomic E-state index is -0.627. The summed E-state index contributed by atoms with van der Waals surface area (Å²) in [6.45, 7) is 2.17. The van der Waals surface area contributed by atoms with Crippen molar-refractivity contribution in [2.45, 2.75) is 38.0 Å². The molecule has 0 amide bonds. The molecule has 182 valence electrons. The number of carbonyl (C=O) groups is 2. The minimum Gasteiger partial charge on any atom is -0.465 e. The van der Waals surface area contributed by atoms with E-state index in [1.54, 1.807) is 0 Å². The lowest BCUT2D eigenvalue weighted by Gasteiger charge is -2.36. The first kappa shape index (κ1) is 24.4. The van der Waals surface area contributed by atoms with E-state index in [1.807, 2.05) is 79.7 Å². The van der Waals surface area contributed by atoms with Gasteiger partial charge in [0.2, 0.25) is 0 Å². The van der Waals surface area contributed by atoms with E-state index in [2.05, 4.69) is 28.1 Å². The minimum absolute atomic E-state index is 0.0661. The molecule has 1 aliphatic heterocycles. The van der Waals surface area contributed by atoms with Gasteiger partial charge in [-0.1, -0.05) is 88.7 Å². The van der Waals surface area contributed by atoms with Crippen molar-refractivity contribution in [3.05, 3.63) is 117 Å². The summed E-state index contributed by atoms with van der Waals surface area (Å²) >= 11 is 3.50. The number of nitrogens with zero attached hydrogens (tertiary/aromatic N) is 1. The van der Waals surface area contributed by atoms with E-state index >= 15 is 0 Å². The maximum atomic E-state index is 13.6. The Morgan fingerprint density at radius 3 is 2.28 bits per heavy atom. The first-order valence-electron chi connectivity index (χ1n) is 12.3. The van der Waals surface area contributed by atoms with Crippen molar-refractivity contribution < 1.29 is 14.3 Å². The van der Waals surface area contributed by atoms with E-state index < -0.39 is 11.8 Å². The summed E-state index contributed by atoms with van der Waals surface area (Å²) in [5.41, 5.74) is 5.36. The molecule has 1 unspecified atom stereocenters. The molecular weight excluding hydrogens is 514 g/mol. The summed E-state index contributed by atoms with van der Waals surface area (Å²) in [5, 5.41) is 0. The van der Waals surface area contributed by atoms with Crippen LogP contribution in [0.3, 0.4) is 0 Å². The number of hydrogen-bond donors (Lipinski definition) is 0. The standard InChI is InChI=1S/C31H28BrNO3/c1-20-28(31(35)36-17-16-21-8-4-2-5-9-21)29(23-12-14-25(32)15-13-23)30-26(33-20)18-24(19-27(30)34)22-10-6-3-7-11-22/h2-15,24,28-29H,16-19H2,1H3/t24-,28?,29-/m1/s1. The third kappa shape index (κ3) is 5.12. The van der Waals surface area contributed by atoms with Crippen molar-refractivity contribution in [3.8, 4) is 0 Å². The molecule has 0 fully saturated rings. The Balaban J connectivity index is 1.46. The van der Waals surface area contributed by atoms with Gasteiger partial charge in [0.15, 0.2) is 5.78 Å². The Morgan fingerprint density at radius 2 is 1.58 bits per heavy atom. The molecule has 0 aromatic heterocycles. The van der Waals surface area contributed by atoms with Gasteiger partial charge in [0.25, 0.3) is 0 Å². The van der Waals surface area contributed by atoms with E-state index in [0.29, 0.717) is 30.5 Å². The highest BCUT2D eigenvalue weighted by molar-refractivity contribution is 9.10. The Morgan fingerprint density at radius 1 is 0.917 bits per heavy atom. The Kier molecular flexibility index (Phi) is 7.28. The maximum Gasteiger partial charge on any atom is 0.315 e. The third-order valence-corrected chi connectivity index (χ3v) is 7.65. The van der Waals surface area contributed by atoms with Crippen LogP contribution in [0.5, 0.6) is 0 Å². The summed E-state index contributed by atoms with van der Waals surface area (Å²) in [6, 6.07) is 28.0. The van der Waals surface area contributed by atoms with Crippen LogP contribution in [0, 0.1) is 5.92 Å². The maximum absolute atomic E-state index is 13.6. The van der Waals surface area contributed by atoms with Gasteiger partial charge in [0, 0.05) is 40.2 Å². The van der Waals surface area contributed by atoms with Crippen LogP contribution >= 0.6 is 15.9 Å². The van der Waals surface area contributed by atoms with Gasteiger partial charge < -0.3 is 4.74 Å². The van der Waals surface area contributed by atoms with Crippen LogP contribution in [0.1, 0.15) is 48.3 Å². The summed E-state index contributed by atoms with van der Waals surface area (Å²) in [4.78, 5) is 32.0. The molecule has 0 N–H and O–H groups in total.